The van der Waals surface area contributed by atoms with Crippen LogP contribution >= 0.6 is 0 Å². The molecule has 42 heavy (non-hydrogen) atoms. The fraction of sp³-hybridized carbons (Fsp3) is 0. The Morgan fingerprint density at radius 1 is 0.381 bits per heavy atom. The van der Waals surface area contributed by atoms with Crippen molar-refractivity contribution in [3.05, 3.63) is 103 Å². The third kappa shape index (κ3) is 3.09. The van der Waals surface area contributed by atoms with Crippen LogP contribution in [0.25, 0.3) is 76.5 Å². The van der Waals surface area contributed by atoms with E-state index in [1.165, 1.54) is 0 Å². The number of hydrogen-bond donors (Lipinski definition) is 5. The Morgan fingerprint density at radius 3 is 1.52 bits per heavy atom. The number of furan rings is 1. The van der Waals surface area contributed by atoms with E-state index in [0.717, 1.165) is 54.6 Å². The molecule has 0 bridgehead atoms. The first-order valence-corrected chi connectivity index (χ1v) is 13.4. The molecular formula is C36H22O6. The maximum Gasteiger partial charge on any atom is 0.208 e. The van der Waals surface area contributed by atoms with Gasteiger partial charge < -0.3 is 29.9 Å². The molecule has 0 atom stereocenters. The molecule has 6 nitrogen and oxygen atoms in total. The van der Waals surface area contributed by atoms with Gasteiger partial charge in [-0.25, -0.2) is 0 Å². The lowest BCUT2D eigenvalue weighted by Gasteiger charge is -2.20. The zero-order valence-corrected chi connectivity index (χ0v) is 22.0. The second-order valence-corrected chi connectivity index (χ2v) is 10.4. The van der Waals surface area contributed by atoms with Gasteiger partial charge in [-0.1, -0.05) is 91.0 Å². The van der Waals surface area contributed by atoms with E-state index < -0.39 is 28.7 Å². The van der Waals surface area contributed by atoms with Gasteiger partial charge in [0.25, 0.3) is 0 Å². The van der Waals surface area contributed by atoms with E-state index in [-0.39, 0.29) is 5.56 Å². The zero-order chi connectivity index (χ0) is 28.7. The van der Waals surface area contributed by atoms with Crippen molar-refractivity contribution in [1.82, 2.24) is 0 Å². The zero-order valence-electron chi connectivity index (χ0n) is 22.0. The standard InChI is InChI=1S/C36H22O6/c37-31-30(32(38)34(40)35(41)33(31)39)29-22-12-5-3-10-20(22)27(21-11-4-6-13-23(21)29)24-14-7-15-26-28(24)25-17-16-18-8-1-2-9-19(18)36(25)42-26/h1-17,37-41H. The minimum absolute atomic E-state index is 0.180. The largest absolute Gasteiger partial charge is 0.504 e. The molecule has 1 aromatic heterocycles. The Bertz CT molecular complexity index is 2330. The minimum Gasteiger partial charge on any atom is -0.504 e. The Morgan fingerprint density at radius 2 is 0.905 bits per heavy atom. The third-order valence-corrected chi connectivity index (χ3v) is 8.21. The maximum absolute atomic E-state index is 11.0. The maximum atomic E-state index is 11.0. The van der Waals surface area contributed by atoms with Gasteiger partial charge in [-0.2, -0.15) is 0 Å². The van der Waals surface area contributed by atoms with Crippen molar-refractivity contribution in [2.24, 2.45) is 0 Å². The monoisotopic (exact) mass is 550 g/mol. The number of benzene rings is 7. The second-order valence-electron chi connectivity index (χ2n) is 10.4. The molecular weight excluding hydrogens is 528 g/mol. The summed E-state index contributed by atoms with van der Waals surface area (Å²) in [6.45, 7) is 0. The summed E-state index contributed by atoms with van der Waals surface area (Å²) in [7, 11) is 0. The molecule has 8 rings (SSSR count). The van der Waals surface area contributed by atoms with Crippen molar-refractivity contribution in [1.29, 1.82) is 0 Å². The van der Waals surface area contributed by atoms with Crippen LogP contribution in [-0.4, -0.2) is 25.5 Å². The molecule has 7 aromatic carbocycles. The SMILES string of the molecule is Oc1c(O)c(O)c(-c2c3ccccc3c(-c3cccc4oc5c6ccccc6ccc5c34)c3ccccc23)c(O)c1O. The number of hydrogen-bond acceptors (Lipinski definition) is 6. The Labute approximate surface area is 238 Å². The van der Waals surface area contributed by atoms with Crippen molar-refractivity contribution in [2.75, 3.05) is 0 Å². The molecule has 1 heterocycles. The van der Waals surface area contributed by atoms with Gasteiger partial charge in [0.1, 0.15) is 11.2 Å². The van der Waals surface area contributed by atoms with Crippen LogP contribution in [0.4, 0.5) is 0 Å². The molecule has 0 spiro atoms. The predicted octanol–water partition coefficient (Wildman–Crippen LogP) is 8.91. The number of rotatable bonds is 2. The van der Waals surface area contributed by atoms with Crippen LogP contribution in [0.5, 0.6) is 28.7 Å². The summed E-state index contributed by atoms with van der Waals surface area (Å²) in [4.78, 5) is 0. The number of fused-ring (bicyclic) bond motifs is 7. The summed E-state index contributed by atoms with van der Waals surface area (Å²) in [5.74, 6) is -4.30. The van der Waals surface area contributed by atoms with E-state index in [9.17, 15) is 25.5 Å². The summed E-state index contributed by atoms with van der Waals surface area (Å²) in [5.41, 5.74) is 3.66. The molecule has 0 aliphatic rings. The first-order valence-electron chi connectivity index (χ1n) is 13.4. The molecule has 0 saturated carbocycles. The first kappa shape index (κ1) is 24.0. The summed E-state index contributed by atoms with van der Waals surface area (Å²) >= 11 is 0. The quantitative estimate of drug-likeness (QED) is 0.0834. The lowest BCUT2D eigenvalue weighted by molar-refractivity contribution is 0.330. The van der Waals surface area contributed by atoms with Crippen LogP contribution < -0.4 is 0 Å². The Hall–Kier alpha value is -5.88. The van der Waals surface area contributed by atoms with E-state index in [1.54, 1.807) is 0 Å². The van der Waals surface area contributed by atoms with Gasteiger partial charge in [0.2, 0.25) is 17.2 Å². The van der Waals surface area contributed by atoms with Crippen LogP contribution in [0.15, 0.2) is 108 Å². The number of phenols is 5. The molecule has 202 valence electrons. The van der Waals surface area contributed by atoms with Crippen LogP contribution in [0.2, 0.25) is 0 Å². The van der Waals surface area contributed by atoms with Crippen molar-refractivity contribution in [3.63, 3.8) is 0 Å². The highest BCUT2D eigenvalue weighted by Gasteiger charge is 2.28. The summed E-state index contributed by atoms with van der Waals surface area (Å²) in [6, 6.07) is 33.5. The number of phenolic OH excluding ortho intramolecular Hbond substituents is 5. The van der Waals surface area contributed by atoms with Gasteiger partial charge in [-0.05, 0) is 50.2 Å². The van der Waals surface area contributed by atoms with E-state index in [4.69, 9.17) is 4.42 Å². The van der Waals surface area contributed by atoms with Gasteiger partial charge in [-0.15, -0.1) is 0 Å². The minimum atomic E-state index is -0.995. The third-order valence-electron chi connectivity index (χ3n) is 8.21. The van der Waals surface area contributed by atoms with Gasteiger partial charge in [0.15, 0.2) is 11.5 Å². The van der Waals surface area contributed by atoms with E-state index in [0.29, 0.717) is 16.3 Å². The summed E-state index contributed by atoms with van der Waals surface area (Å²) in [5, 5.41) is 59.9. The molecule has 0 amide bonds. The molecule has 0 aliphatic heterocycles. The lowest BCUT2D eigenvalue weighted by Crippen LogP contribution is -1.92. The molecule has 0 unspecified atom stereocenters. The highest BCUT2D eigenvalue weighted by molar-refractivity contribution is 6.27. The van der Waals surface area contributed by atoms with Gasteiger partial charge in [-0.3, -0.25) is 0 Å². The van der Waals surface area contributed by atoms with Crippen LogP contribution in [0, 0.1) is 0 Å². The first-order chi connectivity index (χ1) is 20.5. The van der Waals surface area contributed by atoms with E-state index in [2.05, 4.69) is 30.3 Å². The van der Waals surface area contributed by atoms with Crippen LogP contribution in [-0.2, 0) is 0 Å². The normalized spacial score (nSPS) is 11.8. The van der Waals surface area contributed by atoms with Crippen molar-refractivity contribution in [3.8, 4) is 51.0 Å². The van der Waals surface area contributed by atoms with Crippen LogP contribution in [0.1, 0.15) is 0 Å². The molecule has 5 N–H and O–H groups in total. The molecule has 6 heteroatoms. The summed E-state index contributed by atoms with van der Waals surface area (Å²) in [6.07, 6.45) is 0. The molecule has 0 aliphatic carbocycles. The lowest BCUT2D eigenvalue weighted by atomic mass is 9.84. The fourth-order valence-electron chi connectivity index (χ4n) is 6.37. The predicted molar refractivity (Wildman–Crippen MR) is 165 cm³/mol. The average molecular weight is 551 g/mol. The van der Waals surface area contributed by atoms with Crippen molar-refractivity contribution >= 4 is 54.3 Å². The topological polar surface area (TPSA) is 114 Å². The smallest absolute Gasteiger partial charge is 0.208 e. The molecule has 0 saturated heterocycles. The summed E-state index contributed by atoms with van der Waals surface area (Å²) < 4.78 is 6.47. The van der Waals surface area contributed by atoms with Crippen molar-refractivity contribution in [2.45, 2.75) is 0 Å². The highest BCUT2D eigenvalue weighted by Crippen LogP contribution is 2.58. The van der Waals surface area contributed by atoms with Gasteiger partial charge in [0.05, 0.1) is 5.56 Å². The van der Waals surface area contributed by atoms with Crippen LogP contribution in [0.3, 0.4) is 0 Å². The Kier molecular flexibility index (Phi) is 4.88. The van der Waals surface area contributed by atoms with Crippen molar-refractivity contribution < 1.29 is 29.9 Å². The number of aromatic hydroxyl groups is 5. The molecule has 0 radical (unpaired) electrons. The highest BCUT2D eigenvalue weighted by atomic mass is 16.4. The fourth-order valence-corrected chi connectivity index (χ4v) is 6.37. The van der Waals surface area contributed by atoms with Gasteiger partial charge in [0, 0.05) is 21.7 Å². The average Bonchev–Trinajstić information content (AvgIpc) is 3.42. The Balaban J connectivity index is 1.57. The van der Waals surface area contributed by atoms with E-state index in [1.807, 2.05) is 72.8 Å². The second kappa shape index (κ2) is 8.56. The van der Waals surface area contributed by atoms with Gasteiger partial charge >= 0.3 is 0 Å². The molecule has 8 aromatic rings. The van der Waals surface area contributed by atoms with E-state index >= 15 is 0 Å². The molecule has 0 fully saturated rings.